The van der Waals surface area contributed by atoms with Crippen molar-refractivity contribution in [3.05, 3.63) is 62.7 Å². The van der Waals surface area contributed by atoms with E-state index < -0.39 is 0 Å². The summed E-state index contributed by atoms with van der Waals surface area (Å²) in [6.07, 6.45) is 1.84. The Bertz CT molecular complexity index is 561. The summed E-state index contributed by atoms with van der Waals surface area (Å²) in [6.45, 7) is 6.43. The predicted molar refractivity (Wildman–Crippen MR) is 85.6 cm³/mol. The highest BCUT2D eigenvalue weighted by molar-refractivity contribution is 8.08. The first kappa shape index (κ1) is 14.5. The van der Waals surface area contributed by atoms with Crippen molar-refractivity contribution in [3.63, 3.8) is 0 Å². The summed E-state index contributed by atoms with van der Waals surface area (Å²) in [5.41, 5.74) is 9.03. The fourth-order valence-corrected chi connectivity index (χ4v) is 3.02. The number of thioether (sulfide) groups is 1. The van der Waals surface area contributed by atoms with E-state index in [4.69, 9.17) is 28.9 Å². The number of benzene rings is 1. The molecule has 1 aromatic rings. The van der Waals surface area contributed by atoms with Gasteiger partial charge in [-0.2, -0.15) is 0 Å². The van der Waals surface area contributed by atoms with E-state index in [2.05, 4.69) is 6.58 Å². The quantitative estimate of drug-likeness (QED) is 0.885. The third-order valence-corrected chi connectivity index (χ3v) is 4.22. The van der Waals surface area contributed by atoms with Gasteiger partial charge in [-0.1, -0.05) is 53.7 Å². The summed E-state index contributed by atoms with van der Waals surface area (Å²) < 4.78 is 0.694. The monoisotopic (exact) mass is 312 g/mol. The Labute approximate surface area is 127 Å². The molecular formula is C14H14Cl2N2S. The summed E-state index contributed by atoms with van der Waals surface area (Å²) in [6, 6.07) is 7.69. The SMILES string of the molecule is C=C1SC(Cl)=CN1/C(CN)=C(\C)c1ccc(Cl)cc1. The summed E-state index contributed by atoms with van der Waals surface area (Å²) in [7, 11) is 0. The van der Waals surface area contributed by atoms with E-state index in [1.54, 1.807) is 0 Å². The molecule has 0 saturated heterocycles. The number of allylic oxidation sites excluding steroid dienone is 1. The lowest BCUT2D eigenvalue weighted by atomic mass is 10.0. The van der Waals surface area contributed by atoms with Crippen LogP contribution in [-0.4, -0.2) is 11.4 Å². The maximum Gasteiger partial charge on any atom is 0.0963 e. The molecule has 0 fully saturated rings. The molecule has 1 aliphatic rings. The van der Waals surface area contributed by atoms with Gasteiger partial charge in [-0.3, -0.25) is 0 Å². The minimum Gasteiger partial charge on any atom is -0.325 e. The first-order chi connectivity index (χ1) is 9.02. The zero-order valence-corrected chi connectivity index (χ0v) is 12.8. The molecule has 5 heteroatoms. The van der Waals surface area contributed by atoms with Gasteiger partial charge in [0.25, 0.3) is 0 Å². The lowest BCUT2D eigenvalue weighted by Crippen LogP contribution is -2.20. The van der Waals surface area contributed by atoms with E-state index in [0.717, 1.165) is 26.9 Å². The van der Waals surface area contributed by atoms with E-state index in [-0.39, 0.29) is 0 Å². The van der Waals surface area contributed by atoms with Gasteiger partial charge >= 0.3 is 0 Å². The first-order valence-electron chi connectivity index (χ1n) is 5.72. The second-order valence-corrected chi connectivity index (χ2v) is 6.26. The molecule has 0 radical (unpaired) electrons. The molecule has 2 nitrogen and oxygen atoms in total. The molecule has 0 bridgehead atoms. The van der Waals surface area contributed by atoms with Gasteiger partial charge < -0.3 is 10.6 Å². The molecular weight excluding hydrogens is 299 g/mol. The van der Waals surface area contributed by atoms with Crippen molar-refractivity contribution in [1.29, 1.82) is 0 Å². The van der Waals surface area contributed by atoms with Crippen LogP contribution in [0.25, 0.3) is 5.57 Å². The fraction of sp³-hybridized carbons (Fsp3) is 0.143. The van der Waals surface area contributed by atoms with Crippen LogP contribution in [-0.2, 0) is 0 Å². The number of nitrogens with two attached hydrogens (primary N) is 1. The third kappa shape index (κ3) is 3.18. The predicted octanol–water partition coefficient (Wildman–Crippen LogP) is 4.59. The Morgan fingerprint density at radius 2 is 1.95 bits per heavy atom. The molecule has 1 heterocycles. The Morgan fingerprint density at radius 3 is 2.42 bits per heavy atom. The standard InChI is InChI=1S/C14H14Cl2N2S/c1-9(11-3-5-12(15)6-4-11)13(7-17)18-8-14(16)19-10(18)2/h3-6,8H,2,7,17H2,1H3/b13-9+. The van der Waals surface area contributed by atoms with E-state index >= 15 is 0 Å². The minimum atomic E-state index is 0.411. The molecule has 0 aliphatic carbocycles. The third-order valence-electron chi connectivity index (χ3n) is 2.91. The zero-order chi connectivity index (χ0) is 14.0. The van der Waals surface area contributed by atoms with Gasteiger partial charge in [0.05, 0.1) is 9.39 Å². The molecule has 0 amide bonds. The number of rotatable bonds is 3. The van der Waals surface area contributed by atoms with Crippen molar-refractivity contribution in [2.75, 3.05) is 6.54 Å². The van der Waals surface area contributed by atoms with Crippen LogP contribution in [0.5, 0.6) is 0 Å². The summed E-state index contributed by atoms with van der Waals surface area (Å²) in [4.78, 5) is 1.94. The van der Waals surface area contributed by atoms with Gasteiger partial charge in [0, 0.05) is 23.5 Å². The largest absolute Gasteiger partial charge is 0.325 e. The minimum absolute atomic E-state index is 0.411. The van der Waals surface area contributed by atoms with Gasteiger partial charge in [0.2, 0.25) is 0 Å². The number of hydrogen-bond donors (Lipinski definition) is 1. The van der Waals surface area contributed by atoms with E-state index in [9.17, 15) is 0 Å². The van der Waals surface area contributed by atoms with Gasteiger partial charge in [-0.25, -0.2) is 0 Å². The molecule has 0 unspecified atom stereocenters. The van der Waals surface area contributed by atoms with Crippen molar-refractivity contribution in [2.24, 2.45) is 5.73 Å². The normalized spacial score (nSPS) is 16.5. The summed E-state index contributed by atoms with van der Waals surface area (Å²) in [5.74, 6) is 0. The summed E-state index contributed by atoms with van der Waals surface area (Å²) >= 11 is 13.4. The van der Waals surface area contributed by atoms with Crippen LogP contribution in [0.2, 0.25) is 5.02 Å². The first-order valence-corrected chi connectivity index (χ1v) is 7.29. The van der Waals surface area contributed by atoms with Gasteiger partial charge in [-0.05, 0) is 30.2 Å². The van der Waals surface area contributed by atoms with Crippen LogP contribution >= 0.6 is 35.0 Å². The number of nitrogens with zero attached hydrogens (tertiary/aromatic N) is 1. The molecule has 1 aromatic carbocycles. The van der Waals surface area contributed by atoms with Gasteiger partial charge in [0.15, 0.2) is 0 Å². The van der Waals surface area contributed by atoms with E-state index in [1.807, 2.05) is 42.3 Å². The van der Waals surface area contributed by atoms with Crippen LogP contribution in [0, 0.1) is 0 Å². The van der Waals surface area contributed by atoms with Crippen molar-refractivity contribution in [1.82, 2.24) is 4.90 Å². The molecule has 100 valence electrons. The molecule has 2 N–H and O–H groups in total. The second kappa shape index (κ2) is 6.06. The Hall–Kier alpha value is -0.870. The maximum atomic E-state index is 6.02. The van der Waals surface area contributed by atoms with Crippen molar-refractivity contribution in [3.8, 4) is 0 Å². The Balaban J connectivity index is 2.41. The molecule has 2 rings (SSSR count). The maximum absolute atomic E-state index is 6.02. The zero-order valence-electron chi connectivity index (χ0n) is 10.5. The van der Waals surface area contributed by atoms with Crippen molar-refractivity contribution in [2.45, 2.75) is 6.92 Å². The topological polar surface area (TPSA) is 29.3 Å². The smallest absolute Gasteiger partial charge is 0.0963 e. The van der Waals surface area contributed by atoms with Crippen LogP contribution in [0.1, 0.15) is 12.5 Å². The molecule has 1 aliphatic heterocycles. The second-order valence-electron chi connectivity index (χ2n) is 4.08. The van der Waals surface area contributed by atoms with Crippen LogP contribution in [0.4, 0.5) is 0 Å². The van der Waals surface area contributed by atoms with E-state index in [1.165, 1.54) is 11.8 Å². The van der Waals surface area contributed by atoms with Crippen LogP contribution in [0.15, 0.2) is 52.1 Å². The van der Waals surface area contributed by atoms with Crippen LogP contribution < -0.4 is 5.73 Å². The fourth-order valence-electron chi connectivity index (χ4n) is 1.89. The number of hydrogen-bond acceptors (Lipinski definition) is 3. The summed E-state index contributed by atoms with van der Waals surface area (Å²) in [5, 5.41) is 1.58. The molecule has 0 atom stereocenters. The van der Waals surface area contributed by atoms with Gasteiger partial charge in [-0.15, -0.1) is 0 Å². The van der Waals surface area contributed by atoms with Gasteiger partial charge in [0.1, 0.15) is 0 Å². The highest BCUT2D eigenvalue weighted by Gasteiger charge is 2.20. The highest BCUT2D eigenvalue weighted by atomic mass is 35.5. The van der Waals surface area contributed by atoms with E-state index in [0.29, 0.717) is 10.9 Å². The molecule has 0 saturated carbocycles. The highest BCUT2D eigenvalue weighted by Crippen LogP contribution is 2.40. The average molecular weight is 313 g/mol. The lowest BCUT2D eigenvalue weighted by Gasteiger charge is -2.22. The van der Waals surface area contributed by atoms with Crippen molar-refractivity contribution < 1.29 is 0 Å². The number of halogens is 2. The lowest BCUT2D eigenvalue weighted by molar-refractivity contribution is 0.611. The molecule has 19 heavy (non-hydrogen) atoms. The Morgan fingerprint density at radius 1 is 1.32 bits per heavy atom. The molecule has 0 aromatic heterocycles. The average Bonchev–Trinajstić information content (AvgIpc) is 2.70. The van der Waals surface area contributed by atoms with Crippen molar-refractivity contribution >= 4 is 40.5 Å². The van der Waals surface area contributed by atoms with Crippen LogP contribution in [0.3, 0.4) is 0 Å². The Kier molecular flexibility index (Phi) is 4.63. The molecule has 0 spiro atoms.